The molecule has 1 aromatic heterocycles. The third kappa shape index (κ3) is 2.54. The molecule has 0 atom stereocenters. The van der Waals surface area contributed by atoms with Crippen LogP contribution in [0, 0.1) is 0 Å². The molecule has 0 unspecified atom stereocenters. The van der Waals surface area contributed by atoms with E-state index in [1.165, 1.54) is 12.8 Å². The van der Waals surface area contributed by atoms with E-state index >= 15 is 0 Å². The molecule has 0 aliphatic heterocycles. The molecule has 0 radical (unpaired) electrons. The number of carbonyl (C=O) groups is 1. The Morgan fingerprint density at radius 2 is 1.95 bits per heavy atom. The van der Waals surface area contributed by atoms with E-state index in [2.05, 4.69) is 5.32 Å². The number of nitrogens with one attached hydrogen (secondary N) is 1. The lowest BCUT2D eigenvalue weighted by molar-refractivity contribution is 0.0942. The molecular weight excluding hydrogens is 258 g/mol. The van der Waals surface area contributed by atoms with Gasteiger partial charge >= 0.3 is 0 Å². The van der Waals surface area contributed by atoms with E-state index in [1.54, 1.807) is 6.07 Å². The predicted octanol–water partition coefficient (Wildman–Crippen LogP) is 2.93. The van der Waals surface area contributed by atoms with Crippen molar-refractivity contribution in [1.29, 1.82) is 0 Å². The lowest BCUT2D eigenvalue weighted by Gasteiger charge is -2.11. The van der Waals surface area contributed by atoms with Crippen molar-refractivity contribution in [3.8, 4) is 0 Å². The van der Waals surface area contributed by atoms with Crippen LogP contribution in [0.1, 0.15) is 35.4 Å². The molecule has 0 spiro atoms. The molecule has 3 nitrogen and oxygen atoms in total. The van der Waals surface area contributed by atoms with Crippen LogP contribution in [0.2, 0.25) is 0 Å². The van der Waals surface area contributed by atoms with Crippen LogP contribution in [-0.2, 0) is 0 Å². The molecule has 19 heavy (non-hydrogen) atoms. The molecule has 3 rings (SSSR count). The van der Waals surface area contributed by atoms with Crippen molar-refractivity contribution in [3.05, 3.63) is 44.7 Å². The molecule has 1 aliphatic rings. The summed E-state index contributed by atoms with van der Waals surface area (Å²) in [5, 5.41) is 4.54. The van der Waals surface area contributed by atoms with Crippen molar-refractivity contribution in [1.82, 2.24) is 5.32 Å². The maximum atomic E-state index is 12.2. The Labute approximate surface area is 115 Å². The van der Waals surface area contributed by atoms with E-state index < -0.39 is 0 Å². The highest BCUT2D eigenvalue weighted by molar-refractivity contribution is 7.12. The standard InChI is InChI=1S/C15H15NO2S/c17-14(16-11-6-2-3-7-11)13-9-10-5-1-4-8-12(10)15(18)19-13/h1,4-5,8-9,11H,2-3,6-7H2,(H,16,17). The molecule has 0 saturated heterocycles. The Balaban J connectivity index is 1.91. The number of rotatable bonds is 2. The average Bonchev–Trinajstić information content (AvgIpc) is 2.91. The normalized spacial score (nSPS) is 15.8. The molecule has 1 fully saturated rings. The van der Waals surface area contributed by atoms with Gasteiger partial charge in [0.1, 0.15) is 0 Å². The smallest absolute Gasteiger partial charge is 0.261 e. The van der Waals surface area contributed by atoms with E-state index in [9.17, 15) is 9.59 Å². The van der Waals surface area contributed by atoms with E-state index in [0.717, 1.165) is 29.6 Å². The van der Waals surface area contributed by atoms with Crippen LogP contribution in [0.25, 0.3) is 10.8 Å². The van der Waals surface area contributed by atoms with Crippen molar-refractivity contribution in [2.24, 2.45) is 0 Å². The van der Waals surface area contributed by atoms with Crippen LogP contribution in [0.5, 0.6) is 0 Å². The quantitative estimate of drug-likeness (QED) is 0.914. The van der Waals surface area contributed by atoms with Gasteiger partial charge in [-0.05, 0) is 30.4 Å². The lowest BCUT2D eigenvalue weighted by Crippen LogP contribution is -2.32. The zero-order valence-corrected chi connectivity index (χ0v) is 11.3. The summed E-state index contributed by atoms with van der Waals surface area (Å²) in [4.78, 5) is 24.6. The van der Waals surface area contributed by atoms with Gasteiger partial charge < -0.3 is 5.32 Å². The van der Waals surface area contributed by atoms with Crippen LogP contribution in [0.4, 0.5) is 0 Å². The fourth-order valence-corrected chi connectivity index (χ4v) is 3.41. The summed E-state index contributed by atoms with van der Waals surface area (Å²) in [6, 6.07) is 9.48. The van der Waals surface area contributed by atoms with E-state index in [1.807, 2.05) is 24.3 Å². The largest absolute Gasteiger partial charge is 0.349 e. The summed E-state index contributed by atoms with van der Waals surface area (Å²) in [7, 11) is 0. The fraction of sp³-hybridized carbons (Fsp3) is 0.333. The first-order chi connectivity index (χ1) is 9.24. The van der Waals surface area contributed by atoms with Crippen molar-refractivity contribution in [2.75, 3.05) is 0 Å². The molecule has 1 N–H and O–H groups in total. The monoisotopic (exact) mass is 273 g/mol. The van der Waals surface area contributed by atoms with E-state index in [0.29, 0.717) is 10.3 Å². The number of carbonyl (C=O) groups excluding carboxylic acids is 1. The minimum atomic E-state index is -0.111. The topological polar surface area (TPSA) is 46.2 Å². The third-order valence-corrected chi connectivity index (χ3v) is 4.51. The lowest BCUT2D eigenvalue weighted by atomic mass is 10.2. The van der Waals surface area contributed by atoms with Crippen LogP contribution in [-0.4, -0.2) is 11.9 Å². The predicted molar refractivity (Wildman–Crippen MR) is 77.8 cm³/mol. The Kier molecular flexibility index (Phi) is 3.34. The summed E-state index contributed by atoms with van der Waals surface area (Å²) in [6.07, 6.45) is 4.46. The molecule has 0 bridgehead atoms. The van der Waals surface area contributed by atoms with Gasteiger partial charge in [0.25, 0.3) is 5.91 Å². The van der Waals surface area contributed by atoms with Crippen molar-refractivity contribution in [3.63, 3.8) is 0 Å². The maximum absolute atomic E-state index is 12.2. The van der Waals surface area contributed by atoms with Gasteiger partial charge in [0.2, 0.25) is 4.74 Å². The van der Waals surface area contributed by atoms with Crippen molar-refractivity contribution >= 4 is 28.0 Å². The van der Waals surface area contributed by atoms with Crippen molar-refractivity contribution in [2.45, 2.75) is 31.7 Å². The Morgan fingerprint density at radius 3 is 2.74 bits per heavy atom. The molecule has 2 aromatic rings. The molecule has 1 aromatic carbocycles. The highest BCUT2D eigenvalue weighted by atomic mass is 32.1. The molecule has 1 heterocycles. The Bertz CT molecular complexity index is 671. The summed E-state index contributed by atoms with van der Waals surface area (Å²) in [6.45, 7) is 0. The summed E-state index contributed by atoms with van der Waals surface area (Å²) in [5.74, 6) is -0.111. The van der Waals surface area contributed by atoms with Gasteiger partial charge in [0.15, 0.2) is 0 Å². The summed E-state index contributed by atoms with van der Waals surface area (Å²) in [5.41, 5.74) is 0. The highest BCUT2D eigenvalue weighted by Crippen LogP contribution is 2.19. The van der Waals surface area contributed by atoms with Crippen LogP contribution in [0.3, 0.4) is 0 Å². The van der Waals surface area contributed by atoms with Gasteiger partial charge in [-0.1, -0.05) is 42.4 Å². The van der Waals surface area contributed by atoms with Crippen LogP contribution >= 0.6 is 11.3 Å². The molecule has 4 heteroatoms. The van der Waals surface area contributed by atoms with Gasteiger partial charge in [-0.25, -0.2) is 0 Å². The second-order valence-corrected chi connectivity index (χ2v) is 5.95. The minimum Gasteiger partial charge on any atom is -0.349 e. The number of hydrogen-bond acceptors (Lipinski definition) is 3. The van der Waals surface area contributed by atoms with Gasteiger partial charge in [0.05, 0.1) is 4.88 Å². The van der Waals surface area contributed by atoms with Gasteiger partial charge in [-0.2, -0.15) is 0 Å². The summed E-state index contributed by atoms with van der Waals surface area (Å²) < 4.78 is -0.0466. The molecular formula is C15H15NO2S. The van der Waals surface area contributed by atoms with E-state index in [-0.39, 0.29) is 16.7 Å². The van der Waals surface area contributed by atoms with Gasteiger partial charge in [-0.15, -0.1) is 0 Å². The molecule has 98 valence electrons. The van der Waals surface area contributed by atoms with Crippen LogP contribution < -0.4 is 10.1 Å². The molecule has 1 saturated carbocycles. The van der Waals surface area contributed by atoms with Crippen molar-refractivity contribution < 1.29 is 4.79 Å². The minimum absolute atomic E-state index is 0.0466. The molecule has 1 aliphatic carbocycles. The summed E-state index contributed by atoms with van der Waals surface area (Å²) >= 11 is 1.03. The Morgan fingerprint density at radius 1 is 1.21 bits per heavy atom. The van der Waals surface area contributed by atoms with Gasteiger partial charge in [0, 0.05) is 11.4 Å². The number of amides is 1. The zero-order chi connectivity index (χ0) is 13.2. The number of hydrogen-bond donors (Lipinski definition) is 1. The fourth-order valence-electron chi connectivity index (χ4n) is 2.57. The first kappa shape index (κ1) is 12.4. The first-order valence-electron chi connectivity index (χ1n) is 6.58. The first-order valence-corrected chi connectivity index (χ1v) is 7.39. The zero-order valence-electron chi connectivity index (χ0n) is 10.5. The molecule has 1 amide bonds. The number of fused-ring (bicyclic) bond motifs is 1. The Hall–Kier alpha value is -1.68. The van der Waals surface area contributed by atoms with Gasteiger partial charge in [-0.3, -0.25) is 9.59 Å². The SMILES string of the molecule is O=C(NC1CCCC1)c1cc2ccccc2c(=O)s1. The maximum Gasteiger partial charge on any atom is 0.261 e. The van der Waals surface area contributed by atoms with Crippen LogP contribution in [0.15, 0.2) is 35.1 Å². The number of benzene rings is 1. The van der Waals surface area contributed by atoms with E-state index in [4.69, 9.17) is 0 Å². The second kappa shape index (κ2) is 5.13. The second-order valence-electron chi connectivity index (χ2n) is 4.94. The average molecular weight is 273 g/mol. The third-order valence-electron chi connectivity index (χ3n) is 3.58. The highest BCUT2D eigenvalue weighted by Gasteiger charge is 2.19.